The maximum atomic E-state index is 14.3. The molecule has 35 nitrogen and oxygen atoms in total. The van der Waals surface area contributed by atoms with Crippen LogP contribution in [0.5, 0.6) is 11.5 Å². The summed E-state index contributed by atoms with van der Waals surface area (Å²) in [7, 11) is 7.46. The number of ether oxygens (including phenoxy) is 6. The number of nitrogens with one attached hydrogen (secondary N) is 7. The second kappa shape index (κ2) is 35.8. The van der Waals surface area contributed by atoms with Crippen LogP contribution in [0.25, 0.3) is 10.9 Å². The third kappa shape index (κ3) is 19.3. The van der Waals surface area contributed by atoms with Crippen molar-refractivity contribution in [2.45, 2.75) is 83.8 Å². The Balaban J connectivity index is 0.665. The zero-order chi connectivity index (χ0) is 79.2. The van der Waals surface area contributed by atoms with E-state index in [1.165, 1.54) is 76.4 Å². The summed E-state index contributed by atoms with van der Waals surface area (Å²) in [4.78, 5) is 177. The number of benzene rings is 3. The highest BCUT2D eigenvalue weighted by Gasteiger charge is 2.47. The first kappa shape index (κ1) is 79.8. The molecule has 3 aliphatic heterocycles. The number of carbonyl (C=O) groups excluding carboxylic acids is 13. The van der Waals surface area contributed by atoms with Gasteiger partial charge in [-0.15, -0.1) is 0 Å². The van der Waals surface area contributed by atoms with Crippen LogP contribution in [0.3, 0.4) is 0 Å². The number of anilines is 5. The van der Waals surface area contributed by atoms with Crippen molar-refractivity contribution >= 4 is 117 Å². The SMILES string of the molecule is C=C1CC2[C@@H](O)N(C(=O)OCc3ccc(NC(=O)[C@H](C)NC(=O)[C@@H](NC(=O)CCOCCOCCNC(=O)CCN4C(=O)C=CC4=O)C(C)C)cc3)c3cc(OCCCC(=O)Nc4cn(C)c(C(=O)Nc5cc(C(=O)Nc6cc(C(=O)n7ccc8cc(C(=O)OC)ccc87)n(C)c6)n(C)c5)n4)c(OC)cc3C(=O)N2C1. The Labute approximate surface area is 630 Å². The molecule has 8 N–H and O–H groups in total. The fourth-order valence-electron chi connectivity index (χ4n) is 12.3. The van der Waals surface area contributed by atoms with Gasteiger partial charge in [0, 0.05) is 114 Å². The summed E-state index contributed by atoms with van der Waals surface area (Å²) >= 11 is 0. The van der Waals surface area contributed by atoms with Gasteiger partial charge < -0.3 is 89.3 Å². The molecule has 0 bridgehead atoms. The molecule has 35 heteroatoms. The number of methoxy groups -OCH3 is 2. The van der Waals surface area contributed by atoms with Crippen molar-refractivity contribution in [2.24, 2.45) is 27.1 Å². The first-order valence-electron chi connectivity index (χ1n) is 35.0. The van der Waals surface area contributed by atoms with E-state index in [0.717, 1.165) is 22.0 Å². The average Bonchev–Trinajstić information content (AvgIpc) is 1.59. The number of hydrogen-bond donors (Lipinski definition) is 8. The van der Waals surface area contributed by atoms with Crippen LogP contribution in [-0.2, 0) is 80.3 Å². The van der Waals surface area contributed by atoms with Crippen molar-refractivity contribution in [2.75, 3.05) is 93.1 Å². The van der Waals surface area contributed by atoms with Crippen molar-refractivity contribution < 1.29 is 95.9 Å². The van der Waals surface area contributed by atoms with Gasteiger partial charge in [-0.25, -0.2) is 19.5 Å². The highest BCUT2D eigenvalue weighted by atomic mass is 16.6. The van der Waals surface area contributed by atoms with Crippen molar-refractivity contribution in [3.63, 3.8) is 0 Å². The quantitative estimate of drug-likeness (QED) is 0.0121. The number of rotatable bonds is 33. The Kier molecular flexibility index (Phi) is 25.9. The van der Waals surface area contributed by atoms with Gasteiger partial charge in [0.1, 0.15) is 30.1 Å². The molecule has 0 aliphatic carbocycles. The molecule has 580 valence electrons. The molecular formula is C75H85N15O20. The molecule has 1 unspecified atom stereocenters. The predicted octanol–water partition coefficient (Wildman–Crippen LogP) is 4.52. The lowest BCUT2D eigenvalue weighted by Gasteiger charge is -2.31. The predicted molar refractivity (Wildman–Crippen MR) is 396 cm³/mol. The van der Waals surface area contributed by atoms with Gasteiger partial charge in [-0.3, -0.25) is 62.2 Å². The number of fused-ring (bicyclic) bond motifs is 3. The number of aliphatic hydroxyl groups excluding tert-OH is 1. The molecule has 0 spiro atoms. The van der Waals surface area contributed by atoms with E-state index in [2.05, 4.69) is 48.8 Å². The van der Waals surface area contributed by atoms with Crippen molar-refractivity contribution in [1.29, 1.82) is 0 Å². The van der Waals surface area contributed by atoms with Crippen LogP contribution in [0.15, 0.2) is 122 Å². The molecule has 10 rings (SSSR count). The summed E-state index contributed by atoms with van der Waals surface area (Å²) < 4.78 is 39.2. The Morgan fingerprint density at radius 2 is 1.36 bits per heavy atom. The highest BCUT2D eigenvalue weighted by Crippen LogP contribution is 2.42. The molecule has 11 amide bonds. The van der Waals surface area contributed by atoms with E-state index in [1.807, 2.05) is 0 Å². The van der Waals surface area contributed by atoms with Crippen LogP contribution < -0.4 is 51.6 Å². The van der Waals surface area contributed by atoms with E-state index in [0.29, 0.717) is 39.0 Å². The summed E-state index contributed by atoms with van der Waals surface area (Å²) in [5.41, 5.74) is 3.27. The van der Waals surface area contributed by atoms with E-state index in [4.69, 9.17) is 28.4 Å². The number of aliphatic hydroxyl groups is 1. The largest absolute Gasteiger partial charge is 0.493 e. The minimum absolute atomic E-state index is 0.0126. The summed E-state index contributed by atoms with van der Waals surface area (Å²) in [5, 5.41) is 31.5. The normalized spacial score (nSPS) is 15.0. The second-order valence-electron chi connectivity index (χ2n) is 26.4. The lowest BCUT2D eigenvalue weighted by atomic mass is 10.0. The first-order chi connectivity index (χ1) is 52.6. The minimum Gasteiger partial charge on any atom is -0.493 e. The van der Waals surface area contributed by atoms with Crippen LogP contribution in [0.1, 0.15) is 111 Å². The van der Waals surface area contributed by atoms with Gasteiger partial charge in [-0.2, -0.15) is 0 Å². The smallest absolute Gasteiger partial charge is 0.416 e. The van der Waals surface area contributed by atoms with Gasteiger partial charge in [0.05, 0.1) is 87.0 Å². The van der Waals surface area contributed by atoms with E-state index < -0.39 is 89.6 Å². The maximum absolute atomic E-state index is 14.3. The number of carbonyl (C=O) groups is 13. The summed E-state index contributed by atoms with van der Waals surface area (Å²) in [6.07, 6.45) is 5.86. The van der Waals surface area contributed by atoms with Crippen LogP contribution in [0, 0.1) is 5.92 Å². The van der Waals surface area contributed by atoms with Crippen LogP contribution in [0.4, 0.5) is 33.4 Å². The fraction of sp³-hybridized carbons (Fsp3) is 0.360. The molecule has 110 heavy (non-hydrogen) atoms. The van der Waals surface area contributed by atoms with Crippen LogP contribution in [0.2, 0.25) is 0 Å². The van der Waals surface area contributed by atoms with Crippen LogP contribution >= 0.6 is 0 Å². The Morgan fingerprint density at radius 3 is 2.06 bits per heavy atom. The second-order valence-corrected chi connectivity index (χ2v) is 26.4. The Morgan fingerprint density at radius 1 is 0.673 bits per heavy atom. The van der Waals surface area contributed by atoms with Gasteiger partial charge in [0.25, 0.3) is 35.4 Å². The van der Waals surface area contributed by atoms with E-state index >= 15 is 0 Å². The molecule has 1 fully saturated rings. The molecule has 7 heterocycles. The fourth-order valence-corrected chi connectivity index (χ4v) is 12.3. The van der Waals surface area contributed by atoms with Crippen molar-refractivity contribution in [3.8, 4) is 11.5 Å². The Bertz CT molecular complexity index is 4760. The number of imide groups is 1. The summed E-state index contributed by atoms with van der Waals surface area (Å²) in [5.74, 6) is -6.23. The first-order valence-corrected chi connectivity index (χ1v) is 35.0. The summed E-state index contributed by atoms with van der Waals surface area (Å²) in [6, 6.07) is 15.6. The number of nitrogens with zero attached hydrogens (tertiary/aromatic N) is 8. The molecule has 3 aromatic carbocycles. The number of aryl methyl sites for hydroxylation is 3. The van der Waals surface area contributed by atoms with Gasteiger partial charge in [0.2, 0.25) is 35.4 Å². The number of amides is 11. The molecule has 1 saturated heterocycles. The highest BCUT2D eigenvalue weighted by molar-refractivity contribution is 6.13. The number of imidazole rings is 1. The van der Waals surface area contributed by atoms with Gasteiger partial charge in [0.15, 0.2) is 23.5 Å². The molecule has 3 aliphatic rings. The molecule has 4 aromatic heterocycles. The zero-order valence-electron chi connectivity index (χ0n) is 61.7. The van der Waals surface area contributed by atoms with Crippen LogP contribution in [-0.4, -0.2) is 206 Å². The lowest BCUT2D eigenvalue weighted by Crippen LogP contribution is -2.53. The molecule has 0 saturated carbocycles. The minimum atomic E-state index is -1.63. The lowest BCUT2D eigenvalue weighted by molar-refractivity contribution is -0.137. The molecule has 4 atom stereocenters. The standard InChI is InChI=1S/C75H85N15O20/c1-42(2)65(83-62(93)22-27-107-29-30-108-28-23-76-60(91)21-25-88-63(94)18-19-64(88)95)69(98)77-44(4)67(96)78-48-15-12-45(13-16-48)41-110-75(104)90-53-36-58(57(105-8)35-51(53)71(100)89-37-43(3)31-56(89)73(90)102)109-26-10-11-61(92)81-59-40-86(7)66(82-59)70(99)80-49-33-54(84(5)38-49)68(97)79-50-34-55(85(6)39-50)72(101)87-24-20-46-32-47(74(103)106-9)14-17-52(46)87/h12-20,24,32-36,38-40,42,44,56,65,73,102H,3,10-11,21-23,25-31,37,41H2,1-2,4-9H3,(H,76,91)(H,77,98)(H,78,96)(H,79,97)(H,80,99)(H,81,92)(H,83,93)/t44-,56?,65-,73+/m0/s1. The van der Waals surface area contributed by atoms with E-state index in [-0.39, 0.29) is 161 Å². The maximum Gasteiger partial charge on any atom is 0.416 e. The average molecular weight is 1520 g/mol. The molecular weight excluding hydrogens is 1430 g/mol. The van der Waals surface area contributed by atoms with Gasteiger partial charge >= 0.3 is 12.1 Å². The number of aromatic nitrogens is 5. The number of hydrogen-bond acceptors (Lipinski definition) is 21. The van der Waals surface area contributed by atoms with E-state index in [9.17, 15) is 67.4 Å². The van der Waals surface area contributed by atoms with E-state index in [1.54, 1.807) is 100 Å². The third-order valence-electron chi connectivity index (χ3n) is 18.1. The monoisotopic (exact) mass is 1520 g/mol. The Hall–Kier alpha value is -12.8. The molecule has 7 aromatic rings. The van der Waals surface area contributed by atoms with Gasteiger partial charge in [-0.1, -0.05) is 38.1 Å². The van der Waals surface area contributed by atoms with Crippen molar-refractivity contribution in [3.05, 3.63) is 156 Å². The van der Waals surface area contributed by atoms with Gasteiger partial charge in [-0.05, 0) is 85.8 Å². The summed E-state index contributed by atoms with van der Waals surface area (Å²) in [6.45, 7) is 9.34. The number of esters is 1. The topological polar surface area (TPSA) is 424 Å². The molecule has 0 radical (unpaired) electrons. The van der Waals surface area contributed by atoms with Crippen molar-refractivity contribution in [1.82, 2.24) is 49.0 Å². The third-order valence-corrected chi connectivity index (χ3v) is 18.1. The zero-order valence-corrected chi connectivity index (χ0v) is 61.7.